The minimum atomic E-state index is -1.17. The van der Waals surface area contributed by atoms with Crippen LogP contribution in [0.2, 0.25) is 0 Å². The van der Waals surface area contributed by atoms with Crippen LogP contribution in [-0.2, 0) is 16.1 Å². The molecule has 0 saturated carbocycles. The Morgan fingerprint density at radius 3 is 2.85 bits per heavy atom. The number of carbonyl (C=O) groups is 2. The molecule has 1 aliphatic rings. The van der Waals surface area contributed by atoms with Gasteiger partial charge in [0.1, 0.15) is 5.54 Å². The number of aliphatic carboxylic acids is 1. The normalized spacial score (nSPS) is 22.7. The predicted octanol–water partition coefficient (Wildman–Crippen LogP) is 0.461. The maximum atomic E-state index is 11.5. The van der Waals surface area contributed by atoms with Crippen LogP contribution in [0.1, 0.15) is 22.3 Å². The Morgan fingerprint density at radius 2 is 2.25 bits per heavy atom. The SMILES string of the molecule is COC(=O)c1cccc(CN2CCC(N)(C(=O)O)C2)c1. The number of hydrogen-bond donors (Lipinski definition) is 2. The standard InChI is InChI=1S/C14H18N2O4/c1-20-12(17)11-4-2-3-10(7-11)8-16-6-5-14(15,9-16)13(18)19/h2-4,7H,5-6,8-9,15H2,1H3,(H,18,19). The van der Waals surface area contributed by atoms with Gasteiger partial charge in [-0.15, -0.1) is 0 Å². The molecule has 0 spiro atoms. The minimum Gasteiger partial charge on any atom is -0.480 e. The van der Waals surface area contributed by atoms with Gasteiger partial charge >= 0.3 is 11.9 Å². The van der Waals surface area contributed by atoms with E-state index in [9.17, 15) is 9.59 Å². The number of carboxylic acid groups (broad SMARTS) is 1. The summed E-state index contributed by atoms with van der Waals surface area (Å²) in [4.78, 5) is 24.5. The van der Waals surface area contributed by atoms with Crippen molar-refractivity contribution in [3.05, 3.63) is 35.4 Å². The molecule has 1 atom stereocenters. The van der Waals surface area contributed by atoms with Crippen LogP contribution in [0.25, 0.3) is 0 Å². The quantitative estimate of drug-likeness (QED) is 0.777. The van der Waals surface area contributed by atoms with Gasteiger partial charge in [-0.1, -0.05) is 12.1 Å². The molecule has 1 fully saturated rings. The van der Waals surface area contributed by atoms with Crippen molar-refractivity contribution < 1.29 is 19.4 Å². The lowest BCUT2D eigenvalue weighted by Gasteiger charge is -2.20. The molecule has 0 bridgehead atoms. The summed E-state index contributed by atoms with van der Waals surface area (Å²) in [5.74, 6) is -1.35. The Labute approximate surface area is 117 Å². The molecule has 1 aliphatic heterocycles. The van der Waals surface area contributed by atoms with Crippen LogP contribution in [0, 0.1) is 0 Å². The first-order valence-corrected chi connectivity index (χ1v) is 6.36. The van der Waals surface area contributed by atoms with E-state index in [0.717, 1.165) is 5.56 Å². The van der Waals surface area contributed by atoms with Gasteiger partial charge in [0.25, 0.3) is 0 Å². The summed E-state index contributed by atoms with van der Waals surface area (Å²) in [5.41, 5.74) is 6.08. The number of carboxylic acids is 1. The van der Waals surface area contributed by atoms with Crippen LogP contribution in [0.3, 0.4) is 0 Å². The minimum absolute atomic E-state index is 0.310. The Kier molecular flexibility index (Phi) is 4.06. The van der Waals surface area contributed by atoms with Crippen molar-refractivity contribution in [3.63, 3.8) is 0 Å². The molecule has 0 aliphatic carbocycles. The Balaban J connectivity index is 2.05. The third kappa shape index (κ3) is 2.97. The van der Waals surface area contributed by atoms with Crippen molar-refractivity contribution >= 4 is 11.9 Å². The lowest BCUT2D eigenvalue weighted by molar-refractivity contribution is -0.142. The molecule has 20 heavy (non-hydrogen) atoms. The second-order valence-electron chi connectivity index (χ2n) is 5.11. The summed E-state index contributed by atoms with van der Waals surface area (Å²) >= 11 is 0. The zero-order chi connectivity index (χ0) is 14.8. The van der Waals surface area contributed by atoms with Gasteiger partial charge in [-0.2, -0.15) is 0 Å². The fraction of sp³-hybridized carbons (Fsp3) is 0.429. The van der Waals surface area contributed by atoms with Crippen molar-refractivity contribution in [2.24, 2.45) is 5.73 Å². The molecule has 108 valence electrons. The van der Waals surface area contributed by atoms with Crippen LogP contribution in [0.4, 0.5) is 0 Å². The summed E-state index contributed by atoms with van der Waals surface area (Å²) in [5, 5.41) is 9.09. The number of nitrogens with zero attached hydrogens (tertiary/aromatic N) is 1. The van der Waals surface area contributed by atoms with Gasteiger partial charge in [-0.25, -0.2) is 4.79 Å². The van der Waals surface area contributed by atoms with E-state index >= 15 is 0 Å². The van der Waals surface area contributed by atoms with Crippen molar-refractivity contribution in [1.29, 1.82) is 0 Å². The number of ether oxygens (including phenoxy) is 1. The van der Waals surface area contributed by atoms with Crippen molar-refractivity contribution in [2.45, 2.75) is 18.5 Å². The van der Waals surface area contributed by atoms with Gasteiger partial charge < -0.3 is 15.6 Å². The van der Waals surface area contributed by atoms with E-state index < -0.39 is 11.5 Å². The van der Waals surface area contributed by atoms with Gasteiger partial charge in [0.05, 0.1) is 12.7 Å². The van der Waals surface area contributed by atoms with Gasteiger partial charge in [0.2, 0.25) is 0 Å². The molecule has 0 radical (unpaired) electrons. The first kappa shape index (κ1) is 14.5. The first-order chi connectivity index (χ1) is 9.44. The highest BCUT2D eigenvalue weighted by molar-refractivity contribution is 5.89. The van der Waals surface area contributed by atoms with Crippen molar-refractivity contribution in [3.8, 4) is 0 Å². The second-order valence-corrected chi connectivity index (χ2v) is 5.11. The van der Waals surface area contributed by atoms with Crippen LogP contribution < -0.4 is 5.73 Å². The van der Waals surface area contributed by atoms with Crippen molar-refractivity contribution in [2.75, 3.05) is 20.2 Å². The van der Waals surface area contributed by atoms with Crippen LogP contribution in [0.5, 0.6) is 0 Å². The van der Waals surface area contributed by atoms with E-state index in [2.05, 4.69) is 4.74 Å². The molecular formula is C14H18N2O4. The first-order valence-electron chi connectivity index (χ1n) is 6.36. The molecule has 6 heteroatoms. The topological polar surface area (TPSA) is 92.9 Å². The summed E-state index contributed by atoms with van der Waals surface area (Å²) in [6.45, 7) is 1.51. The number of nitrogens with two attached hydrogens (primary N) is 1. The molecule has 1 saturated heterocycles. The molecule has 1 unspecified atom stereocenters. The molecule has 0 aromatic heterocycles. The van der Waals surface area contributed by atoms with E-state index in [1.165, 1.54) is 7.11 Å². The van der Waals surface area contributed by atoms with E-state index in [4.69, 9.17) is 10.8 Å². The number of likely N-dealkylation sites (tertiary alicyclic amines) is 1. The molecule has 6 nitrogen and oxygen atoms in total. The van der Waals surface area contributed by atoms with Gasteiger partial charge in [0.15, 0.2) is 0 Å². The fourth-order valence-corrected chi connectivity index (χ4v) is 2.40. The Hall–Kier alpha value is -1.92. The third-order valence-electron chi connectivity index (χ3n) is 3.56. The number of hydrogen-bond acceptors (Lipinski definition) is 5. The number of esters is 1. The molecule has 1 aromatic rings. The zero-order valence-corrected chi connectivity index (χ0v) is 11.3. The maximum Gasteiger partial charge on any atom is 0.337 e. The molecule has 1 heterocycles. The van der Waals surface area contributed by atoms with Crippen LogP contribution in [-0.4, -0.2) is 47.7 Å². The highest BCUT2D eigenvalue weighted by atomic mass is 16.5. The van der Waals surface area contributed by atoms with Crippen molar-refractivity contribution in [1.82, 2.24) is 4.90 Å². The fourth-order valence-electron chi connectivity index (χ4n) is 2.40. The average molecular weight is 278 g/mol. The van der Waals surface area contributed by atoms with Gasteiger partial charge in [0, 0.05) is 19.6 Å². The summed E-state index contributed by atoms with van der Waals surface area (Å²) in [6.07, 6.45) is 0.430. The highest BCUT2D eigenvalue weighted by Gasteiger charge is 2.41. The number of rotatable bonds is 4. The molecule has 2 rings (SSSR count). The number of methoxy groups -OCH3 is 1. The number of carbonyl (C=O) groups excluding carboxylic acids is 1. The largest absolute Gasteiger partial charge is 0.480 e. The lowest BCUT2D eigenvalue weighted by atomic mass is 10.0. The smallest absolute Gasteiger partial charge is 0.337 e. The van der Waals surface area contributed by atoms with Gasteiger partial charge in [-0.05, 0) is 24.1 Å². The maximum absolute atomic E-state index is 11.5. The van der Waals surface area contributed by atoms with E-state index in [1.807, 2.05) is 11.0 Å². The second kappa shape index (κ2) is 5.60. The van der Waals surface area contributed by atoms with E-state index in [-0.39, 0.29) is 5.97 Å². The number of benzene rings is 1. The van der Waals surface area contributed by atoms with Gasteiger partial charge in [-0.3, -0.25) is 9.69 Å². The molecule has 1 aromatic carbocycles. The van der Waals surface area contributed by atoms with E-state index in [1.54, 1.807) is 18.2 Å². The Bertz CT molecular complexity index is 532. The monoisotopic (exact) mass is 278 g/mol. The van der Waals surface area contributed by atoms with E-state index in [0.29, 0.717) is 31.6 Å². The molecular weight excluding hydrogens is 260 g/mol. The predicted molar refractivity (Wildman–Crippen MR) is 72.2 cm³/mol. The Morgan fingerprint density at radius 1 is 1.50 bits per heavy atom. The zero-order valence-electron chi connectivity index (χ0n) is 11.3. The van der Waals surface area contributed by atoms with Crippen LogP contribution in [0.15, 0.2) is 24.3 Å². The average Bonchev–Trinajstić information content (AvgIpc) is 2.81. The molecule has 3 N–H and O–H groups in total. The highest BCUT2D eigenvalue weighted by Crippen LogP contribution is 2.21. The summed E-state index contributed by atoms with van der Waals surface area (Å²) in [6, 6.07) is 7.11. The van der Waals surface area contributed by atoms with Crippen LogP contribution >= 0.6 is 0 Å². The summed E-state index contributed by atoms with van der Waals surface area (Å²) < 4.78 is 4.68. The molecule has 0 amide bonds. The third-order valence-corrected chi connectivity index (χ3v) is 3.56. The summed E-state index contributed by atoms with van der Waals surface area (Å²) in [7, 11) is 1.34. The lowest BCUT2D eigenvalue weighted by Crippen LogP contribution is -2.50.